The quantitative estimate of drug-likeness (QED) is 0.343. The number of aromatic nitrogens is 2. The lowest BCUT2D eigenvalue weighted by molar-refractivity contribution is -0.137. The third-order valence-corrected chi connectivity index (χ3v) is 6.34. The smallest absolute Gasteiger partial charge is 0.417 e. The summed E-state index contributed by atoms with van der Waals surface area (Å²) in [6.07, 6.45) is 1.29. The van der Waals surface area contributed by atoms with Gasteiger partial charge in [0.2, 0.25) is 5.79 Å². The maximum atomic E-state index is 15.0. The summed E-state index contributed by atoms with van der Waals surface area (Å²) in [5.74, 6) is -0.0921. The molecule has 0 spiro atoms. The lowest BCUT2D eigenvalue weighted by Crippen LogP contribution is -2.39. The van der Waals surface area contributed by atoms with Crippen LogP contribution < -0.4 is 4.90 Å². The number of nitrogens with zero attached hydrogens (tertiary/aromatic N) is 4. The average molecular weight is 513 g/mol. The van der Waals surface area contributed by atoms with E-state index in [9.17, 15) is 14.3 Å². The first kappa shape index (κ1) is 23.7. The Balaban J connectivity index is 0.00000132. The van der Waals surface area contributed by atoms with E-state index in [1.54, 1.807) is 0 Å². The van der Waals surface area contributed by atoms with Gasteiger partial charge in [-0.3, -0.25) is 4.90 Å². The van der Waals surface area contributed by atoms with Crippen LogP contribution >= 0.6 is 27.7 Å². The van der Waals surface area contributed by atoms with Crippen LogP contribution in [0.5, 0.6) is 0 Å². The number of thioether (sulfide) groups is 1. The van der Waals surface area contributed by atoms with E-state index in [4.69, 9.17) is 4.74 Å². The van der Waals surface area contributed by atoms with Crippen molar-refractivity contribution in [1.29, 1.82) is 0 Å². The molecule has 7 nitrogen and oxygen atoms in total. The summed E-state index contributed by atoms with van der Waals surface area (Å²) < 4.78 is 20.4. The number of anilines is 1. The Morgan fingerprint density at radius 3 is 2.71 bits per heavy atom. The van der Waals surface area contributed by atoms with E-state index >= 15 is 0 Å². The zero-order valence-corrected chi connectivity index (χ0v) is 20.8. The number of halogens is 2. The topological polar surface area (TPSA) is 78.8 Å². The molecule has 4 heterocycles. The molecule has 1 aromatic carbocycles. The van der Waals surface area contributed by atoms with Gasteiger partial charge in [-0.1, -0.05) is 32.5 Å². The minimum Gasteiger partial charge on any atom is -0.417 e. The summed E-state index contributed by atoms with van der Waals surface area (Å²) in [6, 6.07) is 1.75. The Labute approximate surface area is 193 Å². The second-order valence-electron chi connectivity index (χ2n) is 7.37. The van der Waals surface area contributed by atoms with Gasteiger partial charge in [-0.25, -0.2) is 19.2 Å². The molecule has 2 aromatic rings. The SMILES string of the molecule is CC.CCSc1nc(N2C3=CC2CN3C(=O)OC(C)(C)O)c2cc(C)c(Br)c(F)c2n1. The molecule has 1 N–H and O–H groups in total. The van der Waals surface area contributed by atoms with Crippen LogP contribution in [-0.2, 0) is 4.74 Å². The van der Waals surface area contributed by atoms with E-state index in [1.165, 1.54) is 30.5 Å². The lowest BCUT2D eigenvalue weighted by Gasteiger charge is -2.33. The van der Waals surface area contributed by atoms with Gasteiger partial charge in [-0.05, 0) is 46.3 Å². The first-order valence-corrected chi connectivity index (χ1v) is 11.9. The summed E-state index contributed by atoms with van der Waals surface area (Å²) in [5, 5.41) is 10.8. The Kier molecular flexibility index (Phi) is 6.83. The number of hydrogen-bond acceptors (Lipinski definition) is 7. The molecule has 1 aromatic heterocycles. The summed E-state index contributed by atoms with van der Waals surface area (Å²) in [7, 11) is 0. The van der Waals surface area contributed by atoms with Crippen molar-refractivity contribution in [3.05, 3.63) is 33.8 Å². The van der Waals surface area contributed by atoms with Gasteiger partial charge < -0.3 is 14.7 Å². The number of ether oxygens (including phenoxy) is 1. The highest BCUT2D eigenvalue weighted by atomic mass is 79.9. The number of hydrogen-bond donors (Lipinski definition) is 1. The molecule has 0 aliphatic carbocycles. The number of aliphatic hydroxyl groups is 1. The molecule has 1 unspecified atom stereocenters. The lowest BCUT2D eigenvalue weighted by atomic mass is 10.1. The summed E-state index contributed by atoms with van der Waals surface area (Å²) in [5.41, 5.74) is 0.969. The molecule has 1 fully saturated rings. The second kappa shape index (κ2) is 8.91. The minimum absolute atomic E-state index is 0.0936. The fraction of sp³-hybridized carbons (Fsp3) is 0.476. The number of aryl methyl sites for hydroxylation is 1. The van der Waals surface area contributed by atoms with E-state index < -0.39 is 17.7 Å². The van der Waals surface area contributed by atoms with E-state index in [-0.39, 0.29) is 11.6 Å². The normalized spacial score (nSPS) is 17.2. The number of carbonyl (C=O) groups excluding carboxylic acids is 1. The first-order valence-electron chi connectivity index (χ1n) is 10.1. The molecule has 2 bridgehead atoms. The summed E-state index contributed by atoms with van der Waals surface area (Å²) in [6.45, 7) is 11.0. The second-order valence-corrected chi connectivity index (χ2v) is 9.39. The van der Waals surface area contributed by atoms with Crippen molar-refractivity contribution >= 4 is 50.5 Å². The zero-order valence-electron chi connectivity index (χ0n) is 18.4. The van der Waals surface area contributed by atoms with Crippen molar-refractivity contribution in [3.63, 3.8) is 0 Å². The molecule has 3 aliphatic rings. The first-order chi connectivity index (χ1) is 14.6. The summed E-state index contributed by atoms with van der Waals surface area (Å²) in [4.78, 5) is 24.8. The third kappa shape index (κ3) is 4.38. The van der Waals surface area contributed by atoms with E-state index in [1.807, 2.05) is 44.7 Å². The van der Waals surface area contributed by atoms with Crippen molar-refractivity contribution in [2.45, 2.75) is 58.5 Å². The zero-order chi connectivity index (χ0) is 23.1. The van der Waals surface area contributed by atoms with Crippen LogP contribution in [0.25, 0.3) is 10.9 Å². The number of fused-ring (bicyclic) bond motifs is 2. The molecular weight excluding hydrogens is 487 g/mol. The van der Waals surface area contributed by atoms with Crippen molar-refractivity contribution in [2.24, 2.45) is 0 Å². The van der Waals surface area contributed by atoms with Gasteiger partial charge in [-0.15, -0.1) is 0 Å². The number of amides is 1. The Morgan fingerprint density at radius 2 is 2.10 bits per heavy atom. The molecular formula is C21H26BrFN4O3S. The van der Waals surface area contributed by atoms with Crippen LogP contribution in [0, 0.1) is 12.7 Å². The van der Waals surface area contributed by atoms with Crippen molar-refractivity contribution in [2.75, 3.05) is 17.2 Å². The van der Waals surface area contributed by atoms with E-state index in [0.717, 1.165) is 11.3 Å². The van der Waals surface area contributed by atoms with Crippen LogP contribution in [-0.4, -0.2) is 50.2 Å². The Bertz CT molecular complexity index is 1060. The molecule has 1 amide bonds. The number of rotatable bonds is 4. The Morgan fingerprint density at radius 1 is 1.42 bits per heavy atom. The van der Waals surface area contributed by atoms with Gasteiger partial charge in [0.1, 0.15) is 17.2 Å². The maximum absolute atomic E-state index is 15.0. The van der Waals surface area contributed by atoms with Crippen molar-refractivity contribution < 1.29 is 19.0 Å². The highest BCUT2D eigenvalue weighted by molar-refractivity contribution is 9.10. The number of carbonyl (C=O) groups is 1. The molecule has 10 heteroatoms. The largest absolute Gasteiger partial charge is 0.418 e. The fourth-order valence-electron chi connectivity index (χ4n) is 3.42. The van der Waals surface area contributed by atoms with Crippen LogP contribution in [0.2, 0.25) is 0 Å². The van der Waals surface area contributed by atoms with Crippen molar-refractivity contribution in [3.8, 4) is 0 Å². The third-order valence-electron chi connectivity index (χ3n) is 4.64. The van der Waals surface area contributed by atoms with Crippen LogP contribution in [0.3, 0.4) is 0 Å². The van der Waals surface area contributed by atoms with Gasteiger partial charge in [0.25, 0.3) is 0 Å². The summed E-state index contributed by atoms with van der Waals surface area (Å²) >= 11 is 4.71. The Hall–Kier alpha value is -1.91. The molecule has 0 radical (unpaired) electrons. The highest BCUT2D eigenvalue weighted by Gasteiger charge is 2.48. The van der Waals surface area contributed by atoms with Gasteiger partial charge >= 0.3 is 6.09 Å². The van der Waals surface area contributed by atoms with Gasteiger partial charge in [0.05, 0.1) is 17.1 Å². The predicted molar refractivity (Wildman–Crippen MR) is 124 cm³/mol. The predicted octanol–water partition coefficient (Wildman–Crippen LogP) is 5.19. The van der Waals surface area contributed by atoms with Crippen LogP contribution in [0.15, 0.2) is 27.6 Å². The maximum Gasteiger partial charge on any atom is 0.418 e. The van der Waals surface area contributed by atoms with Gasteiger partial charge in [-0.2, -0.15) is 0 Å². The van der Waals surface area contributed by atoms with Gasteiger partial charge in [0, 0.05) is 19.2 Å². The van der Waals surface area contributed by atoms with E-state index in [0.29, 0.717) is 33.2 Å². The monoisotopic (exact) mass is 512 g/mol. The molecule has 31 heavy (non-hydrogen) atoms. The molecule has 1 atom stereocenters. The molecule has 168 valence electrons. The van der Waals surface area contributed by atoms with Crippen molar-refractivity contribution in [1.82, 2.24) is 14.9 Å². The van der Waals surface area contributed by atoms with Crippen LogP contribution in [0.4, 0.5) is 15.0 Å². The highest BCUT2D eigenvalue weighted by Crippen LogP contribution is 2.43. The molecule has 0 saturated carbocycles. The molecule has 3 aliphatic heterocycles. The minimum atomic E-state index is -1.57. The fourth-order valence-corrected chi connectivity index (χ4v) is 4.29. The van der Waals surface area contributed by atoms with E-state index in [2.05, 4.69) is 25.9 Å². The van der Waals surface area contributed by atoms with Crippen LogP contribution in [0.1, 0.15) is 40.2 Å². The standard InChI is InChI=1S/C19H20BrFN4O3S.C2H6/c1-5-29-17-22-15-11(6-9(2)13(20)14(15)21)16(23-17)25-10-7-12(25)24(8-10)18(26)28-19(3,4)27;1-2/h6-7,10,27H,5,8H2,1-4H3;1-2H3. The average Bonchev–Trinajstić information content (AvgIpc) is 3.28. The molecule has 5 rings (SSSR count). The van der Waals surface area contributed by atoms with Gasteiger partial charge in [0.15, 0.2) is 11.0 Å². The molecule has 1 saturated heterocycles. The number of benzene rings is 1.